The van der Waals surface area contributed by atoms with Crippen LogP contribution in [0, 0.1) is 0 Å². The summed E-state index contributed by atoms with van der Waals surface area (Å²) < 4.78 is 59.4. The highest BCUT2D eigenvalue weighted by atomic mass is 35.5. The fourth-order valence-electron chi connectivity index (χ4n) is 4.59. The minimum absolute atomic E-state index is 0. The van der Waals surface area contributed by atoms with Crippen molar-refractivity contribution < 1.29 is 36.6 Å². The lowest BCUT2D eigenvalue weighted by Gasteiger charge is -2.15. The Morgan fingerprint density at radius 2 is 1.55 bits per heavy atom. The van der Waals surface area contributed by atoms with Gasteiger partial charge in [-0.15, -0.1) is 12.4 Å². The molecule has 0 spiro atoms. The van der Waals surface area contributed by atoms with E-state index in [2.05, 4.69) is 5.32 Å². The van der Waals surface area contributed by atoms with E-state index in [1.807, 2.05) is 37.3 Å². The second-order valence-corrected chi connectivity index (χ2v) is 10.3. The van der Waals surface area contributed by atoms with Crippen LogP contribution >= 0.6 is 12.4 Å². The Kier molecular flexibility index (Phi) is 13.4. The predicted molar refractivity (Wildman–Crippen MR) is 178 cm³/mol. The molecule has 1 heterocycles. The fraction of sp³-hybridized carbons (Fsp3) is 0.222. The van der Waals surface area contributed by atoms with E-state index in [1.54, 1.807) is 62.8 Å². The zero-order valence-electron chi connectivity index (χ0n) is 26.0. The van der Waals surface area contributed by atoms with Crippen molar-refractivity contribution >= 4 is 29.3 Å². The first-order chi connectivity index (χ1) is 22.1. The summed E-state index contributed by atoms with van der Waals surface area (Å²) in [4.78, 5) is 24.0. The number of halogens is 4. The molecule has 0 saturated heterocycles. The van der Waals surface area contributed by atoms with Gasteiger partial charge in [-0.25, -0.2) is 4.79 Å². The van der Waals surface area contributed by atoms with Gasteiger partial charge in [0.15, 0.2) is 5.43 Å². The van der Waals surface area contributed by atoms with E-state index in [4.69, 9.17) is 18.6 Å². The number of esters is 1. The number of benzene rings is 4. The van der Waals surface area contributed by atoms with Crippen molar-refractivity contribution in [2.45, 2.75) is 25.6 Å². The van der Waals surface area contributed by atoms with Crippen molar-refractivity contribution in [2.24, 2.45) is 0 Å². The number of alkyl halides is 3. The quantitative estimate of drug-likeness (QED) is 0.119. The zero-order valence-corrected chi connectivity index (χ0v) is 26.8. The molecule has 248 valence electrons. The van der Waals surface area contributed by atoms with Crippen LogP contribution in [0.15, 0.2) is 112 Å². The molecule has 0 fully saturated rings. The fourth-order valence-corrected chi connectivity index (χ4v) is 4.59. The lowest BCUT2D eigenvalue weighted by atomic mass is 10.0. The average molecular weight is 670 g/mol. The molecule has 0 aliphatic heterocycles. The second kappa shape index (κ2) is 17.2. The van der Waals surface area contributed by atoms with Gasteiger partial charge in [-0.1, -0.05) is 48.5 Å². The molecule has 47 heavy (non-hydrogen) atoms. The largest absolute Gasteiger partial charge is 0.497 e. The van der Waals surface area contributed by atoms with Gasteiger partial charge in [-0.3, -0.25) is 4.79 Å². The third-order valence-electron chi connectivity index (χ3n) is 6.92. The molecule has 0 saturated carbocycles. The minimum Gasteiger partial charge on any atom is -0.497 e. The number of carbonyl (C=O) groups excluding carboxylic acids is 1. The molecule has 1 atom stereocenters. The van der Waals surface area contributed by atoms with Crippen LogP contribution in [-0.2, 0) is 17.3 Å². The van der Waals surface area contributed by atoms with Crippen LogP contribution in [0.2, 0.25) is 0 Å². The molecule has 4 aromatic carbocycles. The number of hydrogen-bond donors (Lipinski definition) is 1. The Hall–Kier alpha value is -4.80. The Morgan fingerprint density at radius 3 is 2.26 bits per heavy atom. The maximum absolute atomic E-state index is 12.7. The predicted octanol–water partition coefficient (Wildman–Crippen LogP) is 7.98. The number of nitrogens with one attached hydrogen (secondary N) is 1. The van der Waals surface area contributed by atoms with Crippen LogP contribution in [0.25, 0.3) is 22.3 Å². The summed E-state index contributed by atoms with van der Waals surface area (Å²) in [6.07, 6.45) is -3.88. The van der Waals surface area contributed by atoms with Crippen LogP contribution in [0.3, 0.4) is 0 Å². The molecule has 0 bridgehead atoms. The standard InChI is InChI=1S/C19H20F3NO2.C17H14O4.ClH/c1-14(12-15-6-5-9-17(13-15)19(20,21)22)23-10-11-25-18(24)16-7-3-2-4-8-16;1-19-12-5-3-4-11(8-12)16-10-15(18)14-7-6-13(20-2)9-17(14)21-16;/h2-9,13-14,23H,10-12H2,1H3;3-10H,1-2H3;1H. The first kappa shape index (κ1) is 36.7. The SMILES string of the molecule is CC(Cc1cccc(C(F)(F)F)c1)NCCOC(=O)c1ccccc1.COc1cccc(-c2cc(=O)c3ccc(OC)cc3o2)c1.Cl. The highest BCUT2D eigenvalue weighted by Gasteiger charge is 2.30. The molecule has 0 aliphatic carbocycles. The summed E-state index contributed by atoms with van der Waals surface area (Å²) in [6, 6.07) is 28.0. The van der Waals surface area contributed by atoms with Crippen LogP contribution < -0.4 is 20.2 Å². The summed E-state index contributed by atoms with van der Waals surface area (Å²) >= 11 is 0. The number of ether oxygens (including phenoxy) is 3. The van der Waals surface area contributed by atoms with E-state index < -0.39 is 17.7 Å². The van der Waals surface area contributed by atoms with Crippen molar-refractivity contribution in [2.75, 3.05) is 27.4 Å². The van der Waals surface area contributed by atoms with Crippen molar-refractivity contribution in [3.8, 4) is 22.8 Å². The normalized spacial score (nSPS) is 11.4. The van der Waals surface area contributed by atoms with Crippen molar-refractivity contribution in [1.82, 2.24) is 5.32 Å². The lowest BCUT2D eigenvalue weighted by Crippen LogP contribution is -2.31. The van der Waals surface area contributed by atoms with Gasteiger partial charge in [-0.2, -0.15) is 13.2 Å². The Bertz CT molecular complexity index is 1810. The highest BCUT2D eigenvalue weighted by Crippen LogP contribution is 2.30. The number of carbonyl (C=O) groups is 1. The summed E-state index contributed by atoms with van der Waals surface area (Å²) in [6.45, 7) is 2.50. The van der Waals surface area contributed by atoms with Crippen molar-refractivity contribution in [3.63, 3.8) is 0 Å². The molecular weight excluding hydrogens is 635 g/mol. The molecule has 5 aromatic rings. The molecule has 1 N–H and O–H groups in total. The molecule has 0 amide bonds. The molecule has 11 heteroatoms. The third kappa shape index (κ3) is 10.6. The topological polar surface area (TPSA) is 87.0 Å². The van der Waals surface area contributed by atoms with E-state index in [0.717, 1.165) is 17.7 Å². The molecule has 1 aromatic heterocycles. The number of hydrogen-bond acceptors (Lipinski definition) is 7. The lowest BCUT2D eigenvalue weighted by molar-refractivity contribution is -0.137. The monoisotopic (exact) mass is 669 g/mol. The maximum atomic E-state index is 12.7. The van der Waals surface area contributed by atoms with E-state index in [-0.39, 0.29) is 30.5 Å². The summed E-state index contributed by atoms with van der Waals surface area (Å²) in [5.74, 6) is 1.46. The van der Waals surface area contributed by atoms with Gasteiger partial charge < -0.3 is 23.9 Å². The zero-order chi connectivity index (χ0) is 33.1. The van der Waals surface area contributed by atoms with Gasteiger partial charge in [0.1, 0.15) is 29.4 Å². The van der Waals surface area contributed by atoms with Crippen LogP contribution in [0.5, 0.6) is 11.5 Å². The third-order valence-corrected chi connectivity index (χ3v) is 6.92. The first-order valence-electron chi connectivity index (χ1n) is 14.5. The van der Waals surface area contributed by atoms with Gasteiger partial charge >= 0.3 is 12.1 Å². The molecular formula is C36H35ClF3NO6. The maximum Gasteiger partial charge on any atom is 0.416 e. The summed E-state index contributed by atoms with van der Waals surface area (Å²) in [5.41, 5.74) is 1.65. The van der Waals surface area contributed by atoms with Gasteiger partial charge in [0, 0.05) is 30.3 Å². The first-order valence-corrected chi connectivity index (χ1v) is 14.5. The molecule has 5 rings (SSSR count). The van der Waals surface area contributed by atoms with Gasteiger partial charge in [-0.05, 0) is 61.4 Å². The Balaban J connectivity index is 0.000000253. The van der Waals surface area contributed by atoms with Crippen molar-refractivity contribution in [1.29, 1.82) is 0 Å². The second-order valence-electron chi connectivity index (χ2n) is 10.3. The molecule has 0 radical (unpaired) electrons. The molecule has 7 nitrogen and oxygen atoms in total. The van der Waals surface area contributed by atoms with Crippen LogP contribution in [-0.4, -0.2) is 39.4 Å². The highest BCUT2D eigenvalue weighted by molar-refractivity contribution is 5.89. The Morgan fingerprint density at radius 1 is 0.851 bits per heavy atom. The van der Waals surface area contributed by atoms with Crippen molar-refractivity contribution in [3.05, 3.63) is 130 Å². The number of fused-ring (bicyclic) bond motifs is 1. The Labute approximate surface area is 276 Å². The molecule has 0 aliphatic rings. The van der Waals surface area contributed by atoms with E-state index in [0.29, 0.717) is 52.3 Å². The van der Waals surface area contributed by atoms with E-state index in [1.165, 1.54) is 12.1 Å². The van der Waals surface area contributed by atoms with Gasteiger partial charge in [0.2, 0.25) is 0 Å². The van der Waals surface area contributed by atoms with E-state index in [9.17, 15) is 22.8 Å². The van der Waals surface area contributed by atoms with Gasteiger partial charge in [0.05, 0.1) is 30.7 Å². The number of rotatable bonds is 10. The average Bonchev–Trinajstić information content (AvgIpc) is 3.06. The van der Waals surface area contributed by atoms with E-state index >= 15 is 0 Å². The molecule has 1 unspecified atom stereocenters. The van der Waals surface area contributed by atoms with Crippen LogP contribution in [0.4, 0.5) is 13.2 Å². The van der Waals surface area contributed by atoms with Crippen LogP contribution in [0.1, 0.15) is 28.4 Å². The summed E-state index contributed by atoms with van der Waals surface area (Å²) in [5, 5.41) is 3.67. The number of methoxy groups -OCH3 is 2. The van der Waals surface area contributed by atoms with Gasteiger partial charge in [0.25, 0.3) is 0 Å². The summed E-state index contributed by atoms with van der Waals surface area (Å²) in [7, 11) is 3.17. The minimum atomic E-state index is -4.34. The smallest absolute Gasteiger partial charge is 0.416 e.